The third-order valence-electron chi connectivity index (χ3n) is 5.12. The second-order valence-electron chi connectivity index (χ2n) is 7.18. The first-order chi connectivity index (χ1) is 13.8. The second kappa shape index (κ2) is 7.68. The molecule has 0 aliphatic carbocycles. The van der Waals surface area contributed by atoms with E-state index in [4.69, 9.17) is 11.6 Å². The molecule has 3 aromatic rings. The third kappa shape index (κ3) is 3.54. The second-order valence-corrected chi connectivity index (χ2v) is 10.5. The Labute approximate surface area is 178 Å². The Kier molecular flexibility index (Phi) is 5.37. The summed E-state index contributed by atoms with van der Waals surface area (Å²) in [6.07, 6.45) is 2.34. The number of fused-ring (bicyclic) bond motifs is 1. The average molecular weight is 450 g/mol. The number of carbonyl (C=O) groups excluding carboxylic acids is 1. The minimum absolute atomic E-state index is 0.0795. The van der Waals surface area contributed by atoms with Gasteiger partial charge in [-0.1, -0.05) is 29.8 Å². The van der Waals surface area contributed by atoms with Gasteiger partial charge in [-0.15, -0.1) is 11.3 Å². The quantitative estimate of drug-likeness (QED) is 0.607. The number of aromatic nitrogens is 1. The molecule has 6 nitrogen and oxygen atoms in total. The topological polar surface area (TPSA) is 70.6 Å². The number of rotatable bonds is 4. The van der Waals surface area contributed by atoms with E-state index in [1.807, 2.05) is 12.1 Å². The lowest BCUT2D eigenvalue weighted by molar-refractivity contribution is 0.0831. The van der Waals surface area contributed by atoms with Crippen LogP contribution < -0.4 is 0 Å². The Morgan fingerprint density at radius 3 is 2.72 bits per heavy atom. The fourth-order valence-corrected chi connectivity index (χ4v) is 6.94. The van der Waals surface area contributed by atoms with Gasteiger partial charge < -0.3 is 4.90 Å². The molecular weight excluding hydrogens is 430 g/mol. The van der Waals surface area contributed by atoms with Gasteiger partial charge in [-0.05, 0) is 30.2 Å². The van der Waals surface area contributed by atoms with Crippen LogP contribution in [0.4, 0.5) is 0 Å². The molecule has 1 fully saturated rings. The number of halogens is 1. The first-order valence-corrected chi connectivity index (χ1v) is 11.8. The summed E-state index contributed by atoms with van der Waals surface area (Å²) in [6, 6.07) is 10.3. The van der Waals surface area contributed by atoms with Gasteiger partial charge in [0.25, 0.3) is 5.91 Å². The highest BCUT2D eigenvalue weighted by Crippen LogP contribution is 2.41. The molecule has 1 aliphatic heterocycles. The molecule has 2 aromatic heterocycles. The van der Waals surface area contributed by atoms with E-state index < -0.39 is 10.0 Å². The maximum atomic E-state index is 13.1. The lowest BCUT2D eigenvalue weighted by atomic mass is 9.95. The number of hydrogen-bond donors (Lipinski definition) is 0. The van der Waals surface area contributed by atoms with Gasteiger partial charge in [0.1, 0.15) is 9.73 Å². The van der Waals surface area contributed by atoms with E-state index in [9.17, 15) is 13.2 Å². The third-order valence-corrected chi connectivity index (χ3v) is 8.60. The molecule has 0 unspecified atom stereocenters. The molecule has 1 atom stereocenters. The zero-order valence-corrected chi connectivity index (χ0v) is 18.4. The normalized spacial score (nSPS) is 17.7. The van der Waals surface area contributed by atoms with E-state index in [0.29, 0.717) is 24.4 Å². The standard InChI is InChI=1S/C20H20ClN3O3S2/c1-23(2)20(25)18-17(14-6-5-10-22-19(14)28-18)13-9-11-24(12-13)29(26,27)16-8-4-3-7-15(16)21/h3-8,10,13H,9,11-12H2,1-2H3/t13-/m0/s1. The van der Waals surface area contributed by atoms with Gasteiger partial charge in [0.05, 0.1) is 9.90 Å². The van der Waals surface area contributed by atoms with Crippen LogP contribution in [0.5, 0.6) is 0 Å². The Balaban J connectivity index is 1.73. The summed E-state index contributed by atoms with van der Waals surface area (Å²) in [6.45, 7) is 0.688. The van der Waals surface area contributed by atoms with E-state index in [1.54, 1.807) is 43.4 Å². The molecule has 29 heavy (non-hydrogen) atoms. The van der Waals surface area contributed by atoms with Crippen molar-refractivity contribution in [2.24, 2.45) is 0 Å². The fraction of sp³-hybridized carbons (Fsp3) is 0.300. The van der Waals surface area contributed by atoms with Crippen LogP contribution in [0.2, 0.25) is 5.02 Å². The maximum Gasteiger partial charge on any atom is 0.263 e. The van der Waals surface area contributed by atoms with Crippen LogP contribution >= 0.6 is 22.9 Å². The number of sulfonamides is 1. The van der Waals surface area contributed by atoms with Gasteiger partial charge in [-0.2, -0.15) is 4.31 Å². The fourth-order valence-electron chi connectivity index (χ4n) is 3.69. The molecule has 1 aliphatic rings. The van der Waals surface area contributed by atoms with Crippen molar-refractivity contribution in [2.45, 2.75) is 17.2 Å². The number of carbonyl (C=O) groups is 1. The first kappa shape index (κ1) is 20.3. The molecule has 152 valence electrons. The van der Waals surface area contributed by atoms with Crippen LogP contribution in [-0.4, -0.2) is 55.7 Å². The zero-order valence-electron chi connectivity index (χ0n) is 16.0. The highest BCUT2D eigenvalue weighted by molar-refractivity contribution is 7.89. The SMILES string of the molecule is CN(C)C(=O)c1sc2ncccc2c1[C@H]1CCN(S(=O)(=O)c2ccccc2Cl)C1. The summed E-state index contributed by atoms with van der Waals surface area (Å²) in [5.74, 6) is -0.167. The van der Waals surface area contributed by atoms with Crippen LogP contribution in [0.1, 0.15) is 27.6 Å². The first-order valence-electron chi connectivity index (χ1n) is 9.14. The Bertz CT molecular complexity index is 1190. The minimum atomic E-state index is -3.70. The highest BCUT2D eigenvalue weighted by atomic mass is 35.5. The van der Waals surface area contributed by atoms with Crippen molar-refractivity contribution in [1.82, 2.24) is 14.2 Å². The zero-order chi connectivity index (χ0) is 20.8. The monoisotopic (exact) mass is 449 g/mol. The summed E-state index contributed by atoms with van der Waals surface area (Å²) in [7, 11) is -0.272. The van der Waals surface area contributed by atoms with E-state index in [2.05, 4.69) is 4.98 Å². The van der Waals surface area contributed by atoms with Crippen molar-refractivity contribution in [3.05, 3.63) is 58.1 Å². The molecule has 0 N–H and O–H groups in total. The predicted octanol–water partition coefficient (Wildman–Crippen LogP) is 3.83. The Morgan fingerprint density at radius 1 is 1.24 bits per heavy atom. The van der Waals surface area contributed by atoms with Crippen LogP contribution in [-0.2, 0) is 10.0 Å². The smallest absolute Gasteiger partial charge is 0.263 e. The van der Waals surface area contributed by atoms with Crippen LogP contribution in [0, 0.1) is 0 Å². The van der Waals surface area contributed by atoms with Crippen LogP contribution in [0.3, 0.4) is 0 Å². The number of pyridine rings is 1. The van der Waals surface area contributed by atoms with Crippen molar-refractivity contribution in [1.29, 1.82) is 0 Å². The van der Waals surface area contributed by atoms with Crippen LogP contribution in [0.25, 0.3) is 10.2 Å². The lowest BCUT2D eigenvalue weighted by Crippen LogP contribution is -2.29. The highest BCUT2D eigenvalue weighted by Gasteiger charge is 2.37. The van der Waals surface area contributed by atoms with E-state index in [1.165, 1.54) is 21.7 Å². The molecule has 1 aromatic carbocycles. The number of hydrogen-bond acceptors (Lipinski definition) is 5. The van der Waals surface area contributed by atoms with Crippen molar-refractivity contribution in [3.63, 3.8) is 0 Å². The molecule has 0 radical (unpaired) electrons. The van der Waals surface area contributed by atoms with Crippen LogP contribution in [0.15, 0.2) is 47.5 Å². The molecule has 0 spiro atoms. The summed E-state index contributed by atoms with van der Waals surface area (Å²) in [5.41, 5.74) is 0.897. The predicted molar refractivity (Wildman–Crippen MR) is 115 cm³/mol. The summed E-state index contributed by atoms with van der Waals surface area (Å²) in [4.78, 5) is 20.3. The molecule has 0 bridgehead atoms. The van der Waals surface area contributed by atoms with Gasteiger partial charge in [-0.3, -0.25) is 4.79 Å². The summed E-state index contributed by atoms with van der Waals surface area (Å²) < 4.78 is 27.7. The summed E-state index contributed by atoms with van der Waals surface area (Å²) in [5, 5.41) is 1.13. The van der Waals surface area contributed by atoms with Crippen molar-refractivity contribution in [3.8, 4) is 0 Å². The van der Waals surface area contributed by atoms with Crippen molar-refractivity contribution in [2.75, 3.05) is 27.2 Å². The van der Waals surface area contributed by atoms with E-state index in [0.717, 1.165) is 15.8 Å². The summed E-state index contributed by atoms with van der Waals surface area (Å²) >= 11 is 7.50. The Morgan fingerprint density at radius 2 is 2.00 bits per heavy atom. The molecule has 4 rings (SSSR count). The lowest BCUT2D eigenvalue weighted by Gasteiger charge is -2.18. The molecule has 0 saturated carbocycles. The van der Waals surface area contributed by atoms with Gasteiger partial charge in [0.15, 0.2) is 0 Å². The molecular formula is C20H20ClN3O3S2. The van der Waals surface area contributed by atoms with E-state index >= 15 is 0 Å². The molecule has 1 amide bonds. The Hall–Kier alpha value is -2.00. The largest absolute Gasteiger partial charge is 0.344 e. The minimum Gasteiger partial charge on any atom is -0.344 e. The molecule has 9 heteroatoms. The van der Waals surface area contributed by atoms with E-state index in [-0.39, 0.29) is 21.7 Å². The molecule has 1 saturated heterocycles. The van der Waals surface area contributed by atoms with Gasteiger partial charge in [0.2, 0.25) is 10.0 Å². The number of amides is 1. The maximum absolute atomic E-state index is 13.1. The number of benzene rings is 1. The molecule has 3 heterocycles. The van der Waals surface area contributed by atoms with Gasteiger partial charge in [-0.25, -0.2) is 13.4 Å². The number of thiophene rings is 1. The number of nitrogens with zero attached hydrogens (tertiary/aromatic N) is 3. The van der Waals surface area contributed by atoms with Crippen molar-refractivity contribution >= 4 is 49.1 Å². The van der Waals surface area contributed by atoms with Crippen molar-refractivity contribution < 1.29 is 13.2 Å². The average Bonchev–Trinajstić information content (AvgIpc) is 3.32. The van der Waals surface area contributed by atoms with Gasteiger partial charge >= 0.3 is 0 Å². The van der Waals surface area contributed by atoms with Gasteiger partial charge in [0, 0.05) is 44.7 Å².